The maximum absolute atomic E-state index is 16.0. The molecular formula is C33H30F7N5O8. The molecule has 0 aliphatic heterocycles. The Morgan fingerprint density at radius 1 is 0.981 bits per heavy atom. The summed E-state index contributed by atoms with van der Waals surface area (Å²) in [5, 5.41) is 28.9. The predicted molar refractivity (Wildman–Crippen MR) is 174 cm³/mol. The standard InChI is InChI=1S/C29H28FN5O4.2C2HF3O2/c1-3-17-11-22(26(30)24(12-17)39-4-2)27(33-20-5-6-21-18(13-20)7-9-32-28(21)31)29-34-23(19-8-10-38-16-19)14-35(29)15-25(36)37;2*3-2(4,5)1(6)7/h5-14,16,27,33H,3-4,15H2,1-2H3,(H2,31,32)(H,36,37);2*(H,6,7). The number of carboxylic acids is 3. The number of nitrogens with two attached hydrogens (primary N) is 1. The molecule has 3 aromatic heterocycles. The largest absolute Gasteiger partial charge is 0.491 e. The maximum atomic E-state index is 16.0. The number of nitrogen functional groups attached to an aromatic ring is 1. The summed E-state index contributed by atoms with van der Waals surface area (Å²) in [6.45, 7) is 3.69. The number of nitrogens with one attached hydrogen (secondary N) is 1. The number of anilines is 2. The van der Waals surface area contributed by atoms with Gasteiger partial charge in [0.05, 0.1) is 24.8 Å². The normalized spacial score (nSPS) is 11.8. The Hall–Kier alpha value is -6.34. The van der Waals surface area contributed by atoms with E-state index in [1.54, 1.807) is 37.5 Å². The quantitative estimate of drug-likeness (QED) is 0.0921. The second kappa shape index (κ2) is 17.2. The molecular weight excluding hydrogens is 727 g/mol. The molecule has 284 valence electrons. The summed E-state index contributed by atoms with van der Waals surface area (Å²) in [5.41, 5.74) is 9.01. The van der Waals surface area contributed by atoms with Gasteiger partial charge >= 0.3 is 30.3 Å². The molecule has 20 heteroatoms. The number of furan rings is 1. The number of hydrogen-bond acceptors (Lipinski definition) is 9. The van der Waals surface area contributed by atoms with Gasteiger partial charge in [-0.05, 0) is 60.7 Å². The smallest absolute Gasteiger partial charge is 0.490 e. The molecule has 0 saturated heterocycles. The van der Waals surface area contributed by atoms with Crippen LogP contribution in [0.2, 0.25) is 0 Å². The lowest BCUT2D eigenvalue weighted by Crippen LogP contribution is -2.21. The van der Waals surface area contributed by atoms with Gasteiger partial charge in [0.15, 0.2) is 11.6 Å². The zero-order valence-corrected chi connectivity index (χ0v) is 27.5. The lowest BCUT2D eigenvalue weighted by atomic mass is 9.99. The number of fused-ring (bicyclic) bond motifs is 1. The molecule has 6 N–H and O–H groups in total. The van der Waals surface area contributed by atoms with E-state index in [9.17, 15) is 36.2 Å². The topological polar surface area (TPSA) is 203 Å². The Morgan fingerprint density at radius 2 is 1.62 bits per heavy atom. The summed E-state index contributed by atoms with van der Waals surface area (Å²) in [6.07, 6.45) is -3.25. The average Bonchev–Trinajstić information content (AvgIpc) is 3.75. The molecule has 3 heterocycles. The number of hydrogen-bond donors (Lipinski definition) is 5. The van der Waals surface area contributed by atoms with Crippen LogP contribution in [0.1, 0.15) is 36.8 Å². The third-order valence-corrected chi connectivity index (χ3v) is 6.93. The summed E-state index contributed by atoms with van der Waals surface area (Å²) in [4.78, 5) is 38.5. The van der Waals surface area contributed by atoms with Crippen molar-refractivity contribution in [1.82, 2.24) is 14.5 Å². The first-order chi connectivity index (χ1) is 24.8. The van der Waals surface area contributed by atoms with Gasteiger partial charge in [0.2, 0.25) is 0 Å². The van der Waals surface area contributed by atoms with Gasteiger partial charge in [0.1, 0.15) is 24.2 Å². The van der Waals surface area contributed by atoms with E-state index in [-0.39, 0.29) is 17.9 Å². The third-order valence-electron chi connectivity index (χ3n) is 6.93. The maximum Gasteiger partial charge on any atom is 0.490 e. The van der Waals surface area contributed by atoms with Crippen molar-refractivity contribution in [3.63, 3.8) is 0 Å². The molecule has 0 aliphatic rings. The number of benzene rings is 2. The van der Waals surface area contributed by atoms with Gasteiger partial charge in [0.25, 0.3) is 0 Å². The first kappa shape index (κ1) is 41.1. The van der Waals surface area contributed by atoms with Gasteiger partial charge < -0.3 is 40.1 Å². The Morgan fingerprint density at radius 3 is 2.15 bits per heavy atom. The monoisotopic (exact) mass is 757 g/mol. The van der Waals surface area contributed by atoms with E-state index in [2.05, 4.69) is 10.3 Å². The molecule has 0 spiro atoms. The summed E-state index contributed by atoms with van der Waals surface area (Å²) in [6, 6.07) is 11.7. The van der Waals surface area contributed by atoms with Crippen LogP contribution in [-0.2, 0) is 27.3 Å². The SMILES string of the molecule is CCOc1cc(CC)cc(C(Nc2ccc3c(N)nccc3c2)c2nc(-c3ccoc3)cn2CC(=O)O)c1F.O=C(O)C(F)(F)F.O=C(O)C(F)(F)F. The molecule has 0 aliphatic carbocycles. The molecule has 53 heavy (non-hydrogen) atoms. The van der Waals surface area contributed by atoms with Crippen molar-refractivity contribution >= 4 is 40.2 Å². The van der Waals surface area contributed by atoms with Crippen molar-refractivity contribution in [2.45, 2.75) is 45.2 Å². The van der Waals surface area contributed by atoms with Crippen molar-refractivity contribution in [1.29, 1.82) is 0 Å². The van der Waals surface area contributed by atoms with Gasteiger partial charge in [-0.2, -0.15) is 26.3 Å². The highest BCUT2D eigenvalue weighted by Crippen LogP contribution is 2.36. The molecule has 13 nitrogen and oxygen atoms in total. The Kier molecular flexibility index (Phi) is 13.4. The molecule has 5 aromatic rings. The molecule has 0 fully saturated rings. The molecule has 1 atom stereocenters. The summed E-state index contributed by atoms with van der Waals surface area (Å²) >= 11 is 0. The van der Waals surface area contributed by atoms with Crippen LogP contribution in [-0.4, -0.2) is 66.7 Å². The fourth-order valence-corrected chi connectivity index (χ4v) is 4.57. The number of ether oxygens (including phenoxy) is 1. The minimum atomic E-state index is -5.08. The van der Waals surface area contributed by atoms with E-state index in [0.29, 0.717) is 41.6 Å². The van der Waals surface area contributed by atoms with Crippen LogP contribution in [0.15, 0.2) is 71.8 Å². The van der Waals surface area contributed by atoms with E-state index in [1.807, 2.05) is 31.2 Å². The molecule has 0 amide bonds. The number of halogens is 7. The van der Waals surface area contributed by atoms with E-state index in [0.717, 1.165) is 16.3 Å². The van der Waals surface area contributed by atoms with Crippen molar-refractivity contribution in [2.24, 2.45) is 0 Å². The molecule has 5 rings (SSSR count). The van der Waals surface area contributed by atoms with Crippen LogP contribution in [0.5, 0.6) is 5.75 Å². The second-order valence-electron chi connectivity index (χ2n) is 10.6. The van der Waals surface area contributed by atoms with E-state index >= 15 is 4.39 Å². The molecule has 2 aromatic carbocycles. The zero-order chi connectivity index (χ0) is 39.7. The van der Waals surface area contributed by atoms with Crippen LogP contribution >= 0.6 is 0 Å². The van der Waals surface area contributed by atoms with Crippen LogP contribution in [0.4, 0.5) is 42.2 Å². The fraction of sp³-hybridized carbons (Fsp3) is 0.242. The Balaban J connectivity index is 0.000000458. The number of aromatic nitrogens is 3. The van der Waals surface area contributed by atoms with Crippen LogP contribution in [0.25, 0.3) is 22.0 Å². The van der Waals surface area contributed by atoms with Gasteiger partial charge in [0, 0.05) is 34.6 Å². The van der Waals surface area contributed by atoms with Crippen LogP contribution < -0.4 is 15.8 Å². The number of carbonyl (C=O) groups is 3. The Labute approximate surface area is 294 Å². The van der Waals surface area contributed by atoms with E-state index in [1.165, 1.54) is 17.1 Å². The number of rotatable bonds is 10. The van der Waals surface area contributed by atoms with Crippen LogP contribution in [0.3, 0.4) is 0 Å². The molecule has 1 unspecified atom stereocenters. The summed E-state index contributed by atoms with van der Waals surface area (Å²) in [7, 11) is 0. The minimum Gasteiger partial charge on any atom is -0.491 e. The van der Waals surface area contributed by atoms with Crippen molar-refractivity contribution < 1.29 is 69.6 Å². The first-order valence-electron chi connectivity index (χ1n) is 15.0. The number of alkyl halides is 6. The lowest BCUT2D eigenvalue weighted by molar-refractivity contribution is -0.193. The van der Waals surface area contributed by atoms with Gasteiger partial charge in [-0.15, -0.1) is 0 Å². The Bertz CT molecular complexity index is 2020. The molecule has 0 saturated carbocycles. The van der Waals surface area contributed by atoms with Crippen molar-refractivity contribution in [2.75, 3.05) is 17.7 Å². The average molecular weight is 758 g/mol. The number of aliphatic carboxylic acids is 3. The molecule has 0 radical (unpaired) electrons. The summed E-state index contributed by atoms with van der Waals surface area (Å²) < 4.78 is 91.9. The lowest BCUT2D eigenvalue weighted by Gasteiger charge is -2.23. The first-order valence-corrected chi connectivity index (χ1v) is 15.0. The van der Waals surface area contributed by atoms with Gasteiger partial charge in [-0.25, -0.2) is 23.9 Å². The van der Waals surface area contributed by atoms with Crippen molar-refractivity contribution in [3.8, 4) is 17.0 Å². The summed E-state index contributed by atoms with van der Waals surface area (Å²) in [5.74, 6) is -6.27. The number of imidazole rings is 1. The highest BCUT2D eigenvalue weighted by molar-refractivity contribution is 5.93. The zero-order valence-electron chi connectivity index (χ0n) is 27.5. The number of nitrogens with zero attached hydrogens (tertiary/aromatic N) is 3. The van der Waals surface area contributed by atoms with Gasteiger partial charge in [-0.1, -0.05) is 13.0 Å². The highest BCUT2D eigenvalue weighted by Gasteiger charge is 2.39. The van der Waals surface area contributed by atoms with E-state index < -0.39 is 42.1 Å². The predicted octanol–water partition coefficient (Wildman–Crippen LogP) is 6.93. The second-order valence-corrected chi connectivity index (χ2v) is 10.6. The fourth-order valence-electron chi connectivity index (χ4n) is 4.57. The van der Waals surface area contributed by atoms with E-state index in [4.69, 9.17) is 39.7 Å². The number of carboxylic acid groups (broad SMARTS) is 3. The minimum absolute atomic E-state index is 0.127. The van der Waals surface area contributed by atoms with Crippen molar-refractivity contribution in [3.05, 3.63) is 90.2 Å². The molecule has 0 bridgehead atoms. The highest BCUT2D eigenvalue weighted by atomic mass is 19.4. The third kappa shape index (κ3) is 11.1. The number of pyridine rings is 1. The number of aryl methyl sites for hydroxylation is 1. The van der Waals surface area contributed by atoms with Crippen LogP contribution in [0, 0.1) is 5.82 Å². The van der Waals surface area contributed by atoms with Gasteiger partial charge in [-0.3, -0.25) is 4.79 Å².